The fourth-order valence-corrected chi connectivity index (χ4v) is 25.2. The molecular weight excluding hydrogens is 1780 g/mol. The zero-order chi connectivity index (χ0) is 98.8. The number of hydrogen-bond donors (Lipinski definition) is 0. The lowest BCUT2D eigenvalue weighted by Crippen LogP contribution is -2.29. The SMILES string of the molecule is CC1(C)c2cc(-c3ccc(-c4ccc(-c5ccccc5)cc4)cc3)ccc2-c2ccc(N(c3ccc4c(c3)C(c3ccccc3)(c3cccc(-c5cccc(-c6ccc7c(c6)C(c6ccccc6)(c6ccccc6)c6cc(N(c8ccc9c(c8)C(C)(C)c8cc(-c%10ccc(-c%11ccc(-c%12ccccc%12)cc%11)cc%10)ccc8-9)c8ccccc8-c8ccccc8)ccc6-7)c5)c3)c3ccccc3-4)c3ccccc3-c3ccccc3)cc21. The van der Waals surface area contributed by atoms with E-state index >= 15 is 0 Å². The number of hydrogen-bond acceptors (Lipinski definition) is 2. The standard InChI is InChI=1S/C146H104N2/c1-143(2)134-90-112(105-70-66-103(67-71-105)101-62-58-99(59-63-101)97-34-12-5-13-35-97)74-81-126(134)128-84-77-119(93-136(128)143)147(141-56-30-27-52-123(141)107-38-16-7-17-39-107)121-80-87-132-130-83-76-114(92-138(130)145(139(132)95-121,115-45-20-9-21-46-115)116-47-22-10-23-48-116)110-43-32-42-109(88-110)111-44-33-51-118(89-111)146(117-49-24-11-25-50-117)133-55-29-26-54-125(133)131-86-79-122(96-140(131)146)148(142-57-31-28-53-124(142)108-40-18-8-19-41-108)120-78-85-129-127-82-75-113(91-135(127)144(3,4)137(129)94-120)106-72-68-104(69-73-106)102-64-60-100(61-65-102)98-36-14-6-15-37-98/h5-96H,1-4H3. The topological polar surface area (TPSA) is 6.48 Å². The van der Waals surface area contributed by atoms with E-state index in [2.05, 4.69) is 596 Å². The lowest BCUT2D eigenvalue weighted by Gasteiger charge is -2.35. The highest BCUT2D eigenvalue weighted by atomic mass is 15.2. The highest BCUT2D eigenvalue weighted by molar-refractivity contribution is 5.99. The maximum Gasteiger partial charge on any atom is 0.0714 e. The van der Waals surface area contributed by atoms with E-state index in [-0.39, 0.29) is 10.8 Å². The van der Waals surface area contributed by atoms with E-state index in [4.69, 9.17) is 0 Å². The molecule has 0 N–H and O–H groups in total. The maximum absolute atomic E-state index is 2.54. The van der Waals surface area contributed by atoms with E-state index in [0.717, 1.165) is 78.6 Å². The maximum atomic E-state index is 2.54. The first-order valence-electron chi connectivity index (χ1n) is 51.8. The van der Waals surface area contributed by atoms with Crippen molar-refractivity contribution >= 4 is 34.1 Å². The predicted octanol–water partition coefficient (Wildman–Crippen LogP) is 38.6. The minimum atomic E-state index is -0.769. The molecule has 148 heavy (non-hydrogen) atoms. The van der Waals surface area contributed by atoms with Crippen LogP contribution in [0.3, 0.4) is 0 Å². The summed E-state index contributed by atoms with van der Waals surface area (Å²) in [6.07, 6.45) is 0. The Labute approximate surface area is 867 Å². The molecule has 23 aromatic carbocycles. The van der Waals surface area contributed by atoms with Crippen molar-refractivity contribution in [2.45, 2.75) is 49.4 Å². The highest BCUT2D eigenvalue weighted by Gasteiger charge is 2.50. The van der Waals surface area contributed by atoms with Gasteiger partial charge in [0.25, 0.3) is 0 Å². The van der Waals surface area contributed by atoms with E-state index in [9.17, 15) is 0 Å². The van der Waals surface area contributed by atoms with E-state index in [1.165, 1.54) is 178 Å². The fraction of sp³-hybridized carbons (Fsp3) is 0.0548. The van der Waals surface area contributed by atoms with Gasteiger partial charge in [-0.25, -0.2) is 0 Å². The average Bonchev–Trinajstić information content (AvgIpc) is 1.53. The van der Waals surface area contributed by atoms with Gasteiger partial charge in [-0.15, -0.1) is 0 Å². The van der Waals surface area contributed by atoms with Crippen molar-refractivity contribution in [3.8, 4) is 156 Å². The van der Waals surface area contributed by atoms with Crippen LogP contribution in [0.25, 0.3) is 156 Å². The Hall–Kier alpha value is -18.3. The number of anilines is 6. The second kappa shape index (κ2) is 35.9. The van der Waals surface area contributed by atoms with Crippen LogP contribution in [0.5, 0.6) is 0 Å². The monoisotopic (exact) mass is 1880 g/mol. The van der Waals surface area contributed by atoms with Gasteiger partial charge in [0.05, 0.1) is 22.2 Å². The van der Waals surface area contributed by atoms with Crippen LogP contribution in [-0.4, -0.2) is 0 Å². The Kier molecular flexibility index (Phi) is 21.5. The Morgan fingerprint density at radius 3 is 0.682 bits per heavy atom. The molecule has 0 bridgehead atoms. The first kappa shape index (κ1) is 88.6. The molecular formula is C146H104N2. The second-order valence-corrected chi connectivity index (χ2v) is 41.2. The minimum Gasteiger partial charge on any atom is -0.310 e. The number of benzene rings is 23. The molecule has 0 saturated carbocycles. The molecule has 0 spiro atoms. The van der Waals surface area contributed by atoms with Crippen LogP contribution in [0.1, 0.15) is 94.5 Å². The number of nitrogens with zero attached hydrogens (tertiary/aromatic N) is 2. The van der Waals surface area contributed by atoms with Crippen LogP contribution in [0, 0.1) is 0 Å². The summed E-state index contributed by atoms with van der Waals surface area (Å²) >= 11 is 0. The quantitative estimate of drug-likeness (QED) is 0.0750. The Morgan fingerprint density at radius 2 is 0.324 bits per heavy atom. The van der Waals surface area contributed by atoms with E-state index in [1.54, 1.807) is 0 Å². The summed E-state index contributed by atoms with van der Waals surface area (Å²) in [5.74, 6) is 0. The molecule has 0 saturated heterocycles. The van der Waals surface area contributed by atoms with Gasteiger partial charge in [-0.2, -0.15) is 0 Å². The van der Waals surface area contributed by atoms with Gasteiger partial charge in [-0.3, -0.25) is 0 Å². The van der Waals surface area contributed by atoms with Crippen LogP contribution >= 0.6 is 0 Å². The van der Waals surface area contributed by atoms with Crippen molar-refractivity contribution in [1.29, 1.82) is 0 Å². The van der Waals surface area contributed by atoms with Gasteiger partial charge in [0.2, 0.25) is 0 Å². The Bertz CT molecular complexity index is 9020. The van der Waals surface area contributed by atoms with Gasteiger partial charge in [0, 0.05) is 44.7 Å². The number of rotatable bonds is 20. The third kappa shape index (κ3) is 14.7. The molecule has 27 rings (SSSR count). The molecule has 0 aliphatic heterocycles. The van der Waals surface area contributed by atoms with Crippen molar-refractivity contribution < 1.29 is 0 Å². The van der Waals surface area contributed by atoms with Gasteiger partial charge >= 0.3 is 0 Å². The molecule has 698 valence electrons. The summed E-state index contributed by atoms with van der Waals surface area (Å²) in [5.41, 5.74) is 52.9. The molecule has 0 heterocycles. The Balaban J connectivity index is 0.548. The van der Waals surface area contributed by atoms with Gasteiger partial charge < -0.3 is 9.80 Å². The van der Waals surface area contributed by atoms with Crippen LogP contribution in [-0.2, 0) is 21.7 Å². The van der Waals surface area contributed by atoms with Crippen molar-refractivity contribution in [3.63, 3.8) is 0 Å². The summed E-state index contributed by atoms with van der Waals surface area (Å²) in [7, 11) is 0. The lowest BCUT2D eigenvalue weighted by molar-refractivity contribution is 0.660. The molecule has 1 unspecified atom stereocenters. The fourth-order valence-electron chi connectivity index (χ4n) is 25.2. The molecule has 4 aliphatic rings. The first-order chi connectivity index (χ1) is 72.9. The molecule has 4 aliphatic carbocycles. The van der Waals surface area contributed by atoms with Crippen LogP contribution in [0.15, 0.2) is 558 Å². The van der Waals surface area contributed by atoms with Crippen LogP contribution < -0.4 is 9.80 Å². The first-order valence-corrected chi connectivity index (χ1v) is 51.8. The molecule has 0 aromatic heterocycles. The summed E-state index contributed by atoms with van der Waals surface area (Å²) in [6, 6.07) is 210. The van der Waals surface area contributed by atoms with Crippen molar-refractivity contribution in [2.75, 3.05) is 9.80 Å². The van der Waals surface area contributed by atoms with Gasteiger partial charge in [-0.1, -0.05) is 495 Å². The predicted molar refractivity (Wildman–Crippen MR) is 620 cm³/mol. The van der Waals surface area contributed by atoms with Crippen molar-refractivity contribution in [3.05, 3.63) is 625 Å². The normalized spacial score (nSPS) is 14.1. The molecule has 23 aromatic rings. The smallest absolute Gasteiger partial charge is 0.0714 e. The zero-order valence-electron chi connectivity index (χ0n) is 83.0. The largest absolute Gasteiger partial charge is 0.310 e. The Morgan fingerprint density at radius 1 is 0.122 bits per heavy atom. The van der Waals surface area contributed by atoms with Crippen molar-refractivity contribution in [2.24, 2.45) is 0 Å². The average molecular weight is 1890 g/mol. The third-order valence-electron chi connectivity index (χ3n) is 32.5. The van der Waals surface area contributed by atoms with E-state index in [0.29, 0.717) is 0 Å². The van der Waals surface area contributed by atoms with E-state index < -0.39 is 10.8 Å². The second-order valence-electron chi connectivity index (χ2n) is 41.2. The van der Waals surface area contributed by atoms with Crippen LogP contribution in [0.2, 0.25) is 0 Å². The molecule has 0 radical (unpaired) electrons. The highest BCUT2D eigenvalue weighted by Crippen LogP contribution is 2.63. The molecule has 0 amide bonds. The molecule has 2 heteroatoms. The van der Waals surface area contributed by atoms with Gasteiger partial charge in [0.15, 0.2) is 0 Å². The van der Waals surface area contributed by atoms with Gasteiger partial charge in [0.1, 0.15) is 0 Å². The summed E-state index contributed by atoms with van der Waals surface area (Å²) in [6.45, 7) is 9.68. The van der Waals surface area contributed by atoms with Gasteiger partial charge in [-0.05, 0) is 302 Å². The van der Waals surface area contributed by atoms with Crippen molar-refractivity contribution in [1.82, 2.24) is 0 Å². The number of para-hydroxylation sites is 2. The molecule has 1 atom stereocenters. The zero-order valence-corrected chi connectivity index (χ0v) is 83.0. The molecule has 2 nitrogen and oxygen atoms in total. The lowest BCUT2D eigenvalue weighted by atomic mass is 9.67. The minimum absolute atomic E-state index is 0.339. The van der Waals surface area contributed by atoms with E-state index in [1.807, 2.05) is 0 Å². The molecule has 0 fully saturated rings. The third-order valence-corrected chi connectivity index (χ3v) is 32.5. The summed E-state index contributed by atoms with van der Waals surface area (Å²) in [5, 5.41) is 0. The summed E-state index contributed by atoms with van der Waals surface area (Å²) < 4.78 is 0. The summed E-state index contributed by atoms with van der Waals surface area (Å²) in [4.78, 5) is 5.09. The number of fused-ring (bicyclic) bond motifs is 12. The van der Waals surface area contributed by atoms with Crippen LogP contribution in [0.4, 0.5) is 34.1 Å².